The number of aromatic nitrogens is 1. The second-order valence-corrected chi connectivity index (χ2v) is 11.5. The molecule has 1 N–H and O–H groups in total. The molecule has 2 heterocycles. The molecule has 1 atom stereocenters. The van der Waals surface area contributed by atoms with Crippen LogP contribution in [0.1, 0.15) is 72.9 Å². The van der Waals surface area contributed by atoms with Gasteiger partial charge in [-0.1, -0.05) is 37.8 Å². The van der Waals surface area contributed by atoms with Crippen LogP contribution in [0.3, 0.4) is 0 Å². The van der Waals surface area contributed by atoms with Gasteiger partial charge in [0.05, 0.1) is 5.69 Å². The van der Waals surface area contributed by atoms with E-state index in [9.17, 15) is 14.0 Å². The number of halogens is 1. The molecule has 0 bridgehead atoms. The SMILES string of the molecule is C=C1CC(NC(=O)C2CC2)=Nc2ccc(-c3ccc4c(c3)c(C(=O)CCC[C@@H](C)c3cccc(F)c3)cn4C)cc21. The van der Waals surface area contributed by atoms with Gasteiger partial charge in [-0.05, 0) is 90.3 Å². The van der Waals surface area contributed by atoms with Crippen LogP contribution in [-0.4, -0.2) is 22.1 Å². The van der Waals surface area contributed by atoms with Gasteiger partial charge >= 0.3 is 0 Å². The van der Waals surface area contributed by atoms with Crippen LogP contribution in [-0.2, 0) is 11.8 Å². The Morgan fingerprint density at radius 2 is 1.88 bits per heavy atom. The highest BCUT2D eigenvalue weighted by atomic mass is 19.1. The lowest BCUT2D eigenvalue weighted by Gasteiger charge is -2.19. The third-order valence-electron chi connectivity index (χ3n) is 8.31. The van der Waals surface area contributed by atoms with Gasteiger partial charge in [0.15, 0.2) is 5.78 Å². The summed E-state index contributed by atoms with van der Waals surface area (Å²) in [6, 6.07) is 19.0. The molecule has 208 valence electrons. The number of aryl methyl sites for hydroxylation is 1. The summed E-state index contributed by atoms with van der Waals surface area (Å²) in [6.45, 7) is 6.34. The third kappa shape index (κ3) is 5.64. The van der Waals surface area contributed by atoms with Crippen LogP contribution >= 0.6 is 0 Å². The molecule has 1 fully saturated rings. The van der Waals surface area contributed by atoms with Gasteiger partial charge in [-0.15, -0.1) is 0 Å². The average Bonchev–Trinajstić information content (AvgIpc) is 3.76. The minimum atomic E-state index is -0.227. The van der Waals surface area contributed by atoms with Gasteiger partial charge in [0.2, 0.25) is 5.91 Å². The van der Waals surface area contributed by atoms with Gasteiger partial charge in [-0.3, -0.25) is 9.59 Å². The number of carbonyl (C=O) groups excluding carboxylic acids is 2. The van der Waals surface area contributed by atoms with E-state index in [-0.39, 0.29) is 29.3 Å². The van der Waals surface area contributed by atoms with Crippen molar-refractivity contribution in [1.29, 1.82) is 0 Å². The molecule has 1 aliphatic carbocycles. The zero-order chi connectivity index (χ0) is 28.7. The van der Waals surface area contributed by atoms with E-state index < -0.39 is 0 Å². The monoisotopic (exact) mass is 547 g/mol. The number of hydrogen-bond acceptors (Lipinski definition) is 3. The zero-order valence-electron chi connectivity index (χ0n) is 23.5. The van der Waals surface area contributed by atoms with E-state index in [1.807, 2.05) is 36.0 Å². The summed E-state index contributed by atoms with van der Waals surface area (Å²) >= 11 is 0. The highest BCUT2D eigenvalue weighted by Gasteiger charge is 2.31. The molecule has 0 radical (unpaired) electrons. The molecule has 1 amide bonds. The number of ketones is 1. The number of nitrogens with zero attached hydrogens (tertiary/aromatic N) is 2. The molecule has 0 saturated heterocycles. The molecule has 4 aromatic rings. The Hall–Kier alpha value is -4.32. The molecule has 1 saturated carbocycles. The van der Waals surface area contributed by atoms with Gasteiger partial charge in [-0.25, -0.2) is 9.38 Å². The topological polar surface area (TPSA) is 63.5 Å². The number of fused-ring (bicyclic) bond motifs is 2. The second-order valence-electron chi connectivity index (χ2n) is 11.5. The molecule has 6 rings (SSSR count). The molecular weight excluding hydrogens is 513 g/mol. The normalized spacial score (nSPS) is 15.4. The molecule has 1 aliphatic heterocycles. The number of aliphatic imine (C=N–C) groups is 1. The number of rotatable bonds is 8. The first-order valence-corrected chi connectivity index (χ1v) is 14.4. The van der Waals surface area contributed by atoms with E-state index in [1.165, 1.54) is 6.07 Å². The Bertz CT molecular complexity index is 1730. The molecule has 0 spiro atoms. The lowest BCUT2D eigenvalue weighted by Crippen LogP contribution is -2.32. The van der Waals surface area contributed by atoms with Crippen LogP contribution < -0.4 is 5.32 Å². The molecule has 5 nitrogen and oxygen atoms in total. The molecule has 41 heavy (non-hydrogen) atoms. The molecular formula is C35H34FN3O2. The first-order valence-electron chi connectivity index (χ1n) is 14.4. The fourth-order valence-corrected chi connectivity index (χ4v) is 5.72. The van der Waals surface area contributed by atoms with E-state index in [1.54, 1.807) is 12.1 Å². The van der Waals surface area contributed by atoms with Crippen molar-refractivity contribution in [3.05, 3.63) is 95.9 Å². The van der Waals surface area contributed by atoms with Crippen LogP contribution in [0.5, 0.6) is 0 Å². The summed E-state index contributed by atoms with van der Waals surface area (Å²) in [6.07, 6.45) is 6.35. The summed E-state index contributed by atoms with van der Waals surface area (Å²) in [5.74, 6) is 0.920. The molecule has 6 heteroatoms. The fraction of sp³-hybridized carbons (Fsp3) is 0.286. The lowest BCUT2D eigenvalue weighted by atomic mass is 9.93. The van der Waals surface area contributed by atoms with Gasteiger partial charge in [0.1, 0.15) is 11.7 Å². The Kier molecular flexibility index (Phi) is 7.16. The van der Waals surface area contributed by atoms with Crippen molar-refractivity contribution >= 4 is 39.7 Å². The minimum Gasteiger partial charge on any atom is -0.350 e. The van der Waals surface area contributed by atoms with Crippen molar-refractivity contribution in [3.8, 4) is 11.1 Å². The van der Waals surface area contributed by atoms with Crippen molar-refractivity contribution < 1.29 is 14.0 Å². The van der Waals surface area contributed by atoms with Crippen molar-refractivity contribution in [2.75, 3.05) is 0 Å². The van der Waals surface area contributed by atoms with E-state index in [4.69, 9.17) is 4.99 Å². The van der Waals surface area contributed by atoms with Crippen molar-refractivity contribution in [3.63, 3.8) is 0 Å². The van der Waals surface area contributed by atoms with Gasteiger partial charge in [-0.2, -0.15) is 0 Å². The first kappa shape index (κ1) is 26.9. The molecule has 0 unspecified atom stereocenters. The smallest absolute Gasteiger partial charge is 0.228 e. The number of amides is 1. The standard InChI is InChI=1S/C35H34FN3O2/c1-21(24-7-5-8-27(36)17-24)6-4-9-33(40)30-20-39(3)32-15-13-26(19-29(30)32)25-12-14-31-28(18-25)22(2)16-34(37-31)38-35(41)23-10-11-23/h5,7-8,12-15,17-21,23H,2,4,6,9-11,16H2,1,3H3,(H,37,38,41)/t21-/m1/s1. The van der Waals surface area contributed by atoms with Crippen LogP contribution in [0, 0.1) is 11.7 Å². The Labute approximate surface area is 239 Å². The van der Waals surface area contributed by atoms with E-state index in [0.717, 1.165) is 75.7 Å². The van der Waals surface area contributed by atoms with Crippen molar-refractivity contribution in [2.45, 2.75) is 51.4 Å². The first-order chi connectivity index (χ1) is 19.8. The van der Waals surface area contributed by atoms with E-state index in [2.05, 4.69) is 43.1 Å². The molecule has 2 aliphatic rings. The third-order valence-corrected chi connectivity index (χ3v) is 8.31. The maximum atomic E-state index is 13.6. The van der Waals surface area contributed by atoms with Crippen molar-refractivity contribution in [2.24, 2.45) is 18.0 Å². The second kappa shape index (κ2) is 10.9. The fourth-order valence-electron chi connectivity index (χ4n) is 5.72. The van der Waals surface area contributed by atoms with Crippen LogP contribution in [0.25, 0.3) is 27.6 Å². The number of carbonyl (C=O) groups is 2. The van der Waals surface area contributed by atoms with Crippen LogP contribution in [0.2, 0.25) is 0 Å². The van der Waals surface area contributed by atoms with Gasteiger partial charge < -0.3 is 9.88 Å². The van der Waals surface area contributed by atoms with Gasteiger partial charge in [0, 0.05) is 54.0 Å². The summed E-state index contributed by atoms with van der Waals surface area (Å²) in [7, 11) is 1.96. The van der Waals surface area contributed by atoms with E-state index in [0.29, 0.717) is 18.7 Å². The van der Waals surface area contributed by atoms with Crippen molar-refractivity contribution in [1.82, 2.24) is 9.88 Å². The number of benzene rings is 3. The molecule has 1 aromatic heterocycles. The number of hydrogen-bond donors (Lipinski definition) is 1. The summed E-state index contributed by atoms with van der Waals surface area (Å²) in [5, 5.41) is 3.91. The van der Waals surface area contributed by atoms with Gasteiger partial charge in [0.25, 0.3) is 0 Å². The summed E-state index contributed by atoms with van der Waals surface area (Å²) in [4.78, 5) is 30.3. The molecule has 3 aromatic carbocycles. The Morgan fingerprint density at radius 1 is 1.10 bits per heavy atom. The lowest BCUT2D eigenvalue weighted by molar-refractivity contribution is -0.120. The van der Waals surface area contributed by atoms with Crippen LogP contribution in [0.4, 0.5) is 10.1 Å². The number of amidine groups is 1. The Balaban J connectivity index is 1.20. The zero-order valence-corrected chi connectivity index (χ0v) is 23.5. The predicted octanol–water partition coefficient (Wildman–Crippen LogP) is 8.11. The largest absolute Gasteiger partial charge is 0.350 e. The van der Waals surface area contributed by atoms with E-state index >= 15 is 0 Å². The highest BCUT2D eigenvalue weighted by molar-refractivity contribution is 6.09. The maximum absolute atomic E-state index is 13.6. The average molecular weight is 548 g/mol. The predicted molar refractivity (Wildman–Crippen MR) is 163 cm³/mol. The number of nitrogens with one attached hydrogen (secondary N) is 1. The summed E-state index contributed by atoms with van der Waals surface area (Å²) < 4.78 is 15.6. The summed E-state index contributed by atoms with van der Waals surface area (Å²) in [5.41, 5.74) is 7.45. The number of Topliss-reactive ketones (excluding diaryl/α,β-unsaturated/α-hetero) is 1. The quantitative estimate of drug-likeness (QED) is 0.227. The Morgan fingerprint density at radius 3 is 2.66 bits per heavy atom. The minimum absolute atomic E-state index is 0.0548. The maximum Gasteiger partial charge on any atom is 0.228 e. The van der Waals surface area contributed by atoms with Crippen LogP contribution in [0.15, 0.2) is 78.4 Å². The highest BCUT2D eigenvalue weighted by Crippen LogP contribution is 2.37.